The van der Waals surface area contributed by atoms with E-state index >= 15 is 0 Å². The number of carbonyl (C=O) groups excluding carboxylic acids is 1. The molecule has 22 heavy (non-hydrogen) atoms. The average molecular weight is 386 g/mol. The number of nitrogens with one attached hydrogen (secondary N) is 1. The van der Waals surface area contributed by atoms with Crippen molar-refractivity contribution in [3.63, 3.8) is 0 Å². The van der Waals surface area contributed by atoms with Gasteiger partial charge in [-0.25, -0.2) is 4.39 Å². The molecule has 0 aliphatic rings. The lowest BCUT2D eigenvalue weighted by Gasteiger charge is -2.20. The molecule has 1 aromatic heterocycles. The molecule has 1 aromatic carbocycles. The van der Waals surface area contributed by atoms with Crippen molar-refractivity contribution in [2.45, 2.75) is 32.4 Å². The first-order valence-electron chi connectivity index (χ1n) is 6.96. The van der Waals surface area contributed by atoms with Crippen LogP contribution in [-0.4, -0.2) is 12.0 Å². The molecule has 6 heteroatoms. The van der Waals surface area contributed by atoms with Crippen molar-refractivity contribution in [3.8, 4) is 5.75 Å². The maximum atomic E-state index is 13.1. The summed E-state index contributed by atoms with van der Waals surface area (Å²) in [4.78, 5) is 13.4. The van der Waals surface area contributed by atoms with Gasteiger partial charge in [0.2, 0.25) is 0 Å². The Kier molecular flexibility index (Phi) is 5.97. The Morgan fingerprint density at radius 3 is 2.82 bits per heavy atom. The van der Waals surface area contributed by atoms with Gasteiger partial charge < -0.3 is 10.1 Å². The van der Waals surface area contributed by atoms with Gasteiger partial charge in [0.1, 0.15) is 11.6 Å². The zero-order chi connectivity index (χ0) is 16.1. The van der Waals surface area contributed by atoms with Gasteiger partial charge in [-0.3, -0.25) is 4.79 Å². The summed E-state index contributed by atoms with van der Waals surface area (Å²) in [6.07, 6.45) is 0.134. The SMILES string of the molecule is CCC(NC(=O)C(C)Oc1ccc(F)cc1Br)c1cccs1. The van der Waals surface area contributed by atoms with Gasteiger partial charge in [0.25, 0.3) is 5.91 Å². The molecule has 0 fully saturated rings. The van der Waals surface area contributed by atoms with E-state index in [-0.39, 0.29) is 17.8 Å². The monoisotopic (exact) mass is 385 g/mol. The van der Waals surface area contributed by atoms with Crippen molar-refractivity contribution in [2.24, 2.45) is 0 Å². The highest BCUT2D eigenvalue weighted by molar-refractivity contribution is 9.10. The molecule has 0 aliphatic carbocycles. The topological polar surface area (TPSA) is 38.3 Å². The van der Waals surface area contributed by atoms with E-state index in [0.29, 0.717) is 10.2 Å². The van der Waals surface area contributed by atoms with E-state index in [2.05, 4.69) is 21.2 Å². The molecule has 2 unspecified atom stereocenters. The number of carbonyl (C=O) groups is 1. The zero-order valence-corrected chi connectivity index (χ0v) is 14.7. The molecule has 118 valence electrons. The van der Waals surface area contributed by atoms with Crippen LogP contribution in [0.5, 0.6) is 5.75 Å². The average Bonchev–Trinajstić information content (AvgIpc) is 3.01. The number of hydrogen-bond acceptors (Lipinski definition) is 3. The Hall–Kier alpha value is -1.40. The number of ether oxygens (including phenoxy) is 1. The van der Waals surface area contributed by atoms with Crippen LogP contribution in [0.2, 0.25) is 0 Å². The third-order valence-corrected chi connectivity index (χ3v) is 4.78. The van der Waals surface area contributed by atoms with Crippen molar-refractivity contribution >= 4 is 33.2 Å². The van der Waals surface area contributed by atoms with Crippen LogP contribution in [0.4, 0.5) is 4.39 Å². The van der Waals surface area contributed by atoms with Gasteiger partial charge in [-0.2, -0.15) is 0 Å². The van der Waals surface area contributed by atoms with Gasteiger partial charge in [0, 0.05) is 4.88 Å². The predicted octanol–water partition coefficient (Wildman–Crippen LogP) is 4.68. The molecule has 1 N–H and O–H groups in total. The maximum Gasteiger partial charge on any atom is 0.261 e. The second kappa shape index (κ2) is 7.74. The Balaban J connectivity index is 1.99. The fourth-order valence-electron chi connectivity index (χ4n) is 1.97. The minimum Gasteiger partial charge on any atom is -0.480 e. The van der Waals surface area contributed by atoms with Crippen molar-refractivity contribution < 1.29 is 13.9 Å². The Labute approximate surface area is 141 Å². The van der Waals surface area contributed by atoms with E-state index in [1.807, 2.05) is 24.4 Å². The van der Waals surface area contributed by atoms with Crippen LogP contribution in [-0.2, 0) is 4.79 Å². The summed E-state index contributed by atoms with van der Waals surface area (Å²) in [7, 11) is 0. The summed E-state index contributed by atoms with van der Waals surface area (Å²) in [6.45, 7) is 3.69. The summed E-state index contributed by atoms with van der Waals surface area (Å²) in [5, 5.41) is 4.96. The predicted molar refractivity (Wildman–Crippen MR) is 89.7 cm³/mol. The van der Waals surface area contributed by atoms with Crippen molar-refractivity contribution in [3.05, 3.63) is 50.9 Å². The first kappa shape index (κ1) is 17.0. The molecule has 0 saturated carbocycles. The van der Waals surface area contributed by atoms with Crippen molar-refractivity contribution in [1.82, 2.24) is 5.32 Å². The lowest BCUT2D eigenvalue weighted by atomic mass is 10.2. The molecule has 2 atom stereocenters. The van der Waals surface area contributed by atoms with E-state index in [4.69, 9.17) is 4.74 Å². The summed E-state index contributed by atoms with van der Waals surface area (Å²) < 4.78 is 19.1. The quantitative estimate of drug-likeness (QED) is 0.783. The minimum absolute atomic E-state index is 0.0183. The summed E-state index contributed by atoms with van der Waals surface area (Å²) >= 11 is 4.84. The molecule has 3 nitrogen and oxygen atoms in total. The molecule has 2 rings (SSSR count). The van der Waals surface area contributed by atoms with Gasteiger partial charge in [-0.1, -0.05) is 13.0 Å². The van der Waals surface area contributed by atoms with Crippen LogP contribution in [0.1, 0.15) is 31.2 Å². The van der Waals surface area contributed by atoms with E-state index in [1.165, 1.54) is 18.2 Å². The number of thiophene rings is 1. The zero-order valence-electron chi connectivity index (χ0n) is 12.3. The van der Waals surface area contributed by atoms with Crippen LogP contribution in [0.3, 0.4) is 0 Å². The molecule has 0 bridgehead atoms. The van der Waals surface area contributed by atoms with Gasteiger partial charge >= 0.3 is 0 Å². The molecule has 2 aromatic rings. The minimum atomic E-state index is -0.671. The van der Waals surface area contributed by atoms with Gasteiger partial charge in [0.15, 0.2) is 6.10 Å². The third-order valence-electron chi connectivity index (χ3n) is 3.18. The number of rotatable bonds is 6. The summed E-state index contributed by atoms with van der Waals surface area (Å²) in [6, 6.07) is 8.05. The summed E-state index contributed by atoms with van der Waals surface area (Å²) in [5.74, 6) is -0.121. The molecule has 0 spiro atoms. The second-order valence-corrected chi connectivity index (χ2v) is 6.65. The first-order chi connectivity index (χ1) is 10.5. The number of benzene rings is 1. The van der Waals surface area contributed by atoms with Crippen LogP contribution in [0, 0.1) is 5.82 Å². The summed E-state index contributed by atoms with van der Waals surface area (Å²) in [5.41, 5.74) is 0. The van der Waals surface area contributed by atoms with Crippen LogP contribution < -0.4 is 10.1 Å². The van der Waals surface area contributed by atoms with Crippen molar-refractivity contribution in [2.75, 3.05) is 0 Å². The molecule has 1 heterocycles. The largest absolute Gasteiger partial charge is 0.480 e. The molecule has 1 amide bonds. The molecular weight excluding hydrogens is 369 g/mol. The fourth-order valence-corrected chi connectivity index (χ4v) is 3.27. The Bertz CT molecular complexity index is 633. The Morgan fingerprint density at radius 2 is 2.23 bits per heavy atom. The second-order valence-electron chi connectivity index (χ2n) is 4.82. The standard InChI is InChI=1S/C16H17BrFNO2S/c1-3-13(15-5-4-8-22-15)19-16(20)10(2)21-14-7-6-11(18)9-12(14)17/h4-10,13H,3H2,1-2H3,(H,19,20). The lowest BCUT2D eigenvalue weighted by molar-refractivity contribution is -0.128. The van der Waals surface area contributed by atoms with Gasteiger partial charge in [0.05, 0.1) is 10.5 Å². The van der Waals surface area contributed by atoms with Gasteiger partial charge in [-0.05, 0) is 58.9 Å². The van der Waals surface area contributed by atoms with Crippen LogP contribution in [0.15, 0.2) is 40.2 Å². The first-order valence-corrected chi connectivity index (χ1v) is 8.64. The van der Waals surface area contributed by atoms with E-state index in [0.717, 1.165) is 11.3 Å². The van der Waals surface area contributed by atoms with E-state index < -0.39 is 6.10 Å². The lowest BCUT2D eigenvalue weighted by Crippen LogP contribution is -2.38. The third kappa shape index (κ3) is 4.30. The van der Waals surface area contributed by atoms with Crippen molar-refractivity contribution in [1.29, 1.82) is 0 Å². The number of halogens is 2. The molecule has 0 saturated heterocycles. The highest BCUT2D eigenvalue weighted by Gasteiger charge is 2.20. The fraction of sp³-hybridized carbons (Fsp3) is 0.312. The van der Waals surface area contributed by atoms with Gasteiger partial charge in [-0.15, -0.1) is 11.3 Å². The van der Waals surface area contributed by atoms with E-state index in [1.54, 1.807) is 18.3 Å². The maximum absolute atomic E-state index is 13.1. The normalized spacial score (nSPS) is 13.5. The smallest absolute Gasteiger partial charge is 0.261 e. The molecular formula is C16H17BrFNO2S. The van der Waals surface area contributed by atoms with Crippen LogP contribution in [0.25, 0.3) is 0 Å². The highest BCUT2D eigenvalue weighted by atomic mass is 79.9. The molecule has 0 radical (unpaired) electrons. The Morgan fingerprint density at radius 1 is 1.45 bits per heavy atom. The van der Waals surface area contributed by atoms with Crippen LogP contribution >= 0.6 is 27.3 Å². The number of amides is 1. The number of hydrogen-bond donors (Lipinski definition) is 1. The highest BCUT2D eigenvalue weighted by Crippen LogP contribution is 2.27. The van der Waals surface area contributed by atoms with E-state index in [9.17, 15) is 9.18 Å². The molecule has 0 aliphatic heterocycles.